The third kappa shape index (κ3) is 10.6. The second-order valence-electron chi connectivity index (χ2n) is 12.2. The van der Waals surface area contributed by atoms with E-state index in [4.69, 9.17) is 9.47 Å². The zero-order chi connectivity index (χ0) is 38.4. The first-order valence-corrected chi connectivity index (χ1v) is 17.8. The molecule has 9 rings (SSSR count). The van der Waals surface area contributed by atoms with Crippen LogP contribution < -0.4 is 9.47 Å². The molecule has 0 radical (unpaired) electrons. The van der Waals surface area contributed by atoms with Crippen molar-refractivity contribution in [3.63, 3.8) is 0 Å². The van der Waals surface area contributed by atoms with Crippen LogP contribution in [0.4, 0.5) is 0 Å². The fraction of sp³-hybridized carbons (Fsp3) is 0.0426. The van der Waals surface area contributed by atoms with Crippen LogP contribution in [0.25, 0.3) is 68.1 Å². The molecule has 0 aliphatic rings. The summed E-state index contributed by atoms with van der Waals surface area (Å²) in [5.41, 5.74) is 9.10. The van der Waals surface area contributed by atoms with Gasteiger partial charge in [-0.05, 0) is 91.0 Å². The molecule has 6 aromatic heterocycles. The molecule has 280 valence electrons. The number of ether oxygens (including phenoxy) is 2. The first-order valence-electron chi connectivity index (χ1n) is 17.8. The number of fused-ring (bicyclic) bond motifs is 2. The summed E-state index contributed by atoms with van der Waals surface area (Å²) in [7, 11) is 3.27. The quantitative estimate of drug-likeness (QED) is 0.145. The maximum absolute atomic E-state index is 5.31. The van der Waals surface area contributed by atoms with Gasteiger partial charge in [-0.25, -0.2) is 24.9 Å². The number of pyridine rings is 5. The minimum Gasteiger partial charge on any atom is -0.497 e. The molecular weight excluding hydrogens is 796 g/mol. The monoisotopic (exact) mass is 833 g/mol. The Hall–Kier alpha value is -7.03. The van der Waals surface area contributed by atoms with E-state index < -0.39 is 0 Å². The van der Waals surface area contributed by atoms with Crippen LogP contribution >= 0.6 is 0 Å². The predicted octanol–water partition coefficient (Wildman–Crippen LogP) is 10.3. The van der Waals surface area contributed by atoms with Gasteiger partial charge in [0.25, 0.3) is 0 Å². The molecule has 9 aromatic rings. The third-order valence-electron chi connectivity index (χ3n) is 8.54. The summed E-state index contributed by atoms with van der Waals surface area (Å²) in [4.78, 5) is 30.6. The Morgan fingerprint density at radius 1 is 0.439 bits per heavy atom. The summed E-state index contributed by atoms with van der Waals surface area (Å²) in [6, 6.07) is 49.5. The van der Waals surface area contributed by atoms with Gasteiger partial charge >= 0.3 is 0 Å². The molecule has 0 bridgehead atoms. The zero-order valence-electron chi connectivity index (χ0n) is 31.2. The van der Waals surface area contributed by atoms with Crippen LogP contribution in [0.15, 0.2) is 177 Å². The van der Waals surface area contributed by atoms with E-state index in [1.165, 1.54) is 6.33 Å². The minimum atomic E-state index is 0. The Labute approximate surface area is 344 Å². The van der Waals surface area contributed by atoms with Crippen LogP contribution in [0.3, 0.4) is 0 Å². The van der Waals surface area contributed by atoms with Crippen molar-refractivity contribution in [3.05, 3.63) is 188 Å². The van der Waals surface area contributed by atoms with Crippen LogP contribution in [-0.2, 0) is 19.5 Å². The molecule has 0 unspecified atom stereocenters. The number of para-hydroxylation sites is 2. The molecular formula is C47H37N7O2Ru. The molecule has 0 amide bonds. The van der Waals surface area contributed by atoms with E-state index in [9.17, 15) is 0 Å². The van der Waals surface area contributed by atoms with Crippen molar-refractivity contribution in [2.45, 2.75) is 0 Å². The van der Waals surface area contributed by atoms with Gasteiger partial charge < -0.3 is 9.47 Å². The van der Waals surface area contributed by atoms with Gasteiger partial charge in [0.15, 0.2) is 0 Å². The van der Waals surface area contributed by atoms with E-state index in [0.717, 1.165) is 78.7 Å². The normalized spacial score (nSPS) is 10.4. The number of rotatable bonds is 7. The maximum atomic E-state index is 5.31. The minimum absolute atomic E-state index is 0. The number of nitrogens with zero attached hydrogens (tertiary/aromatic N) is 7. The summed E-state index contributed by atoms with van der Waals surface area (Å²) in [6.45, 7) is 0. The van der Waals surface area contributed by atoms with Crippen molar-refractivity contribution < 1.29 is 29.0 Å². The number of aromatic nitrogens is 7. The SMILES string of the molecule is COc1ccc(/C=C/c2ccncn2)c(OC)c1.[Ru].c1ccc(-c2cccc(-c3ccccn3)n2)nc1.c1ccc2nc(-c3ccc4ccccc4n3)ccc2c1. The molecule has 6 heterocycles. The largest absolute Gasteiger partial charge is 0.497 e. The topological polar surface area (TPSA) is 109 Å². The van der Waals surface area contributed by atoms with Crippen molar-refractivity contribution >= 4 is 34.0 Å². The smallest absolute Gasteiger partial charge is 0.129 e. The molecule has 9 nitrogen and oxygen atoms in total. The molecule has 0 saturated carbocycles. The summed E-state index contributed by atoms with van der Waals surface area (Å²) in [5.74, 6) is 1.53. The molecule has 0 fully saturated rings. The van der Waals surface area contributed by atoms with E-state index in [1.807, 2.05) is 140 Å². The molecule has 0 atom stereocenters. The van der Waals surface area contributed by atoms with Crippen LogP contribution in [0.5, 0.6) is 11.5 Å². The van der Waals surface area contributed by atoms with E-state index in [2.05, 4.69) is 59.2 Å². The molecule has 10 heteroatoms. The standard InChI is InChI=1S/C18H12N2.C15H11N3.C14H14N2O2.Ru/c1-3-7-15-13(5-1)9-11-17(19-15)18-12-10-14-6-2-4-8-16(14)20-18;1-3-10-16-12(6-1)14-8-5-9-15(18-14)13-7-2-4-11-17-13;1-17-13-6-4-11(14(9-13)18-2)3-5-12-7-8-15-10-16-12;/h1-12H;1-11H;3-10H,1-2H3;/b;;5-3+;. The number of hydrogen-bond acceptors (Lipinski definition) is 9. The van der Waals surface area contributed by atoms with Gasteiger partial charge in [0.05, 0.1) is 65.1 Å². The van der Waals surface area contributed by atoms with Crippen LogP contribution in [0.2, 0.25) is 0 Å². The Balaban J connectivity index is 0.000000144. The van der Waals surface area contributed by atoms with Crippen molar-refractivity contribution in [1.29, 1.82) is 0 Å². The van der Waals surface area contributed by atoms with Gasteiger partial charge in [-0.15, -0.1) is 0 Å². The maximum Gasteiger partial charge on any atom is 0.129 e. The molecule has 0 aliphatic carbocycles. The Morgan fingerprint density at radius 3 is 1.53 bits per heavy atom. The van der Waals surface area contributed by atoms with E-state index in [-0.39, 0.29) is 19.5 Å². The van der Waals surface area contributed by atoms with Crippen LogP contribution in [0.1, 0.15) is 11.3 Å². The number of benzene rings is 3. The van der Waals surface area contributed by atoms with Crippen molar-refractivity contribution in [1.82, 2.24) is 34.9 Å². The van der Waals surface area contributed by atoms with Crippen LogP contribution in [-0.4, -0.2) is 49.1 Å². The molecule has 0 aliphatic heterocycles. The fourth-order valence-electron chi connectivity index (χ4n) is 5.70. The van der Waals surface area contributed by atoms with Crippen molar-refractivity contribution in [2.24, 2.45) is 0 Å². The van der Waals surface area contributed by atoms with Crippen molar-refractivity contribution in [2.75, 3.05) is 14.2 Å². The number of methoxy groups -OCH3 is 2. The van der Waals surface area contributed by atoms with Gasteiger partial charge in [0, 0.05) is 60.5 Å². The third-order valence-corrected chi connectivity index (χ3v) is 8.54. The summed E-state index contributed by atoms with van der Waals surface area (Å²) >= 11 is 0. The fourth-order valence-corrected chi connectivity index (χ4v) is 5.70. The number of hydrogen-bond donors (Lipinski definition) is 0. The van der Waals surface area contributed by atoms with Crippen molar-refractivity contribution in [3.8, 4) is 45.7 Å². The molecule has 0 spiro atoms. The predicted molar refractivity (Wildman–Crippen MR) is 224 cm³/mol. The van der Waals surface area contributed by atoms with Gasteiger partial charge in [-0.2, -0.15) is 0 Å². The van der Waals surface area contributed by atoms with Gasteiger partial charge in [-0.1, -0.05) is 66.7 Å². The summed E-state index contributed by atoms with van der Waals surface area (Å²) < 4.78 is 10.5. The van der Waals surface area contributed by atoms with Gasteiger partial charge in [0.2, 0.25) is 0 Å². The second-order valence-corrected chi connectivity index (χ2v) is 12.2. The first kappa shape index (κ1) is 39.7. The molecule has 0 saturated heterocycles. The summed E-state index contributed by atoms with van der Waals surface area (Å²) in [5, 5.41) is 2.30. The average Bonchev–Trinajstić information content (AvgIpc) is 3.29. The second kappa shape index (κ2) is 20.1. The average molecular weight is 833 g/mol. The Morgan fingerprint density at radius 2 is 1.00 bits per heavy atom. The van der Waals surface area contributed by atoms with E-state index >= 15 is 0 Å². The van der Waals surface area contributed by atoms with E-state index in [1.54, 1.807) is 32.8 Å². The van der Waals surface area contributed by atoms with Crippen LogP contribution in [0, 0.1) is 0 Å². The van der Waals surface area contributed by atoms with Gasteiger partial charge in [-0.3, -0.25) is 9.97 Å². The Bertz CT molecular complexity index is 2550. The molecule has 3 aromatic carbocycles. The molecule has 57 heavy (non-hydrogen) atoms. The molecule has 0 N–H and O–H groups in total. The van der Waals surface area contributed by atoms with Gasteiger partial charge in [0.1, 0.15) is 17.8 Å². The summed E-state index contributed by atoms with van der Waals surface area (Å²) in [6.07, 6.45) is 10.6. The first-order chi connectivity index (χ1) is 27.7. The van der Waals surface area contributed by atoms with E-state index in [0.29, 0.717) is 0 Å². The Kier molecular flexibility index (Phi) is 14.0. The zero-order valence-corrected chi connectivity index (χ0v) is 32.9.